The van der Waals surface area contributed by atoms with Crippen LogP contribution in [0.1, 0.15) is 41.9 Å². The van der Waals surface area contributed by atoms with Gasteiger partial charge >= 0.3 is 0 Å². The van der Waals surface area contributed by atoms with Crippen LogP contribution < -0.4 is 0 Å². The van der Waals surface area contributed by atoms with E-state index in [0.717, 1.165) is 0 Å². The SMILES string of the molecule is C.C(=C\c1ccccc1)/c1ccccc1.c1ccc(C2OC2c2ccccc2)cc1. The average Bonchev–Trinajstić information content (AvgIpc) is 3.62. The van der Waals surface area contributed by atoms with Crippen LogP contribution >= 0.6 is 0 Å². The van der Waals surface area contributed by atoms with Crippen LogP contribution in [0.25, 0.3) is 12.2 Å². The lowest BCUT2D eigenvalue weighted by atomic mass is 10.0. The van der Waals surface area contributed by atoms with Crippen LogP contribution in [0, 0.1) is 0 Å². The topological polar surface area (TPSA) is 12.5 Å². The Hall–Kier alpha value is -3.42. The highest BCUT2D eigenvalue weighted by Gasteiger charge is 2.40. The lowest BCUT2D eigenvalue weighted by Gasteiger charge is -1.95. The van der Waals surface area contributed by atoms with Crippen LogP contribution in [-0.2, 0) is 4.74 Å². The van der Waals surface area contributed by atoms with Crippen molar-refractivity contribution in [3.05, 3.63) is 144 Å². The molecule has 1 nitrogen and oxygen atoms in total. The van der Waals surface area contributed by atoms with E-state index in [1.165, 1.54) is 22.3 Å². The Bertz CT molecular complexity index is 924. The Labute approximate surface area is 180 Å². The number of hydrogen-bond acceptors (Lipinski definition) is 1. The lowest BCUT2D eigenvalue weighted by molar-refractivity contribution is 0.377. The fourth-order valence-corrected chi connectivity index (χ4v) is 3.23. The van der Waals surface area contributed by atoms with Gasteiger partial charge in [-0.2, -0.15) is 0 Å². The van der Waals surface area contributed by atoms with Gasteiger partial charge in [0, 0.05) is 0 Å². The van der Waals surface area contributed by atoms with Crippen molar-refractivity contribution in [1.29, 1.82) is 0 Å². The molecular formula is C29H28O. The minimum absolute atomic E-state index is 0. The Morgan fingerprint density at radius 1 is 0.433 bits per heavy atom. The van der Waals surface area contributed by atoms with Gasteiger partial charge in [0.1, 0.15) is 12.2 Å². The number of epoxide rings is 1. The standard InChI is InChI=1S/C14H12O.C14H12.CH4/c1-3-7-11(8-4-1)13-14(15-13)12-9-5-2-6-10-12;1-3-7-13(8-4-1)11-12-14-9-5-2-6-10-14;/h1-10,13-14H;1-12H;1H4/b;12-11+;. The molecule has 2 atom stereocenters. The van der Waals surface area contributed by atoms with Crippen molar-refractivity contribution in [1.82, 2.24) is 0 Å². The summed E-state index contributed by atoms with van der Waals surface area (Å²) >= 11 is 0. The van der Waals surface area contributed by atoms with Gasteiger partial charge in [-0.05, 0) is 22.3 Å². The second kappa shape index (κ2) is 10.9. The maximum absolute atomic E-state index is 5.69. The van der Waals surface area contributed by atoms with E-state index in [1.54, 1.807) is 0 Å². The second-order valence-corrected chi connectivity index (χ2v) is 6.95. The third-order valence-electron chi connectivity index (χ3n) is 4.82. The first-order valence-electron chi connectivity index (χ1n) is 9.94. The summed E-state index contributed by atoms with van der Waals surface area (Å²) in [5, 5.41) is 0. The maximum atomic E-state index is 5.69. The molecule has 0 saturated carbocycles. The quantitative estimate of drug-likeness (QED) is 0.253. The van der Waals surface area contributed by atoms with Gasteiger partial charge in [-0.25, -0.2) is 0 Å². The van der Waals surface area contributed by atoms with Crippen molar-refractivity contribution in [3.8, 4) is 0 Å². The molecule has 1 aliphatic heterocycles. The molecule has 0 spiro atoms. The first-order valence-corrected chi connectivity index (χ1v) is 9.94. The summed E-state index contributed by atoms with van der Waals surface area (Å²) in [5.74, 6) is 0. The highest BCUT2D eigenvalue weighted by molar-refractivity contribution is 5.69. The van der Waals surface area contributed by atoms with Gasteiger partial charge in [0.25, 0.3) is 0 Å². The predicted octanol–water partition coefficient (Wildman–Crippen LogP) is 7.99. The monoisotopic (exact) mass is 392 g/mol. The maximum Gasteiger partial charge on any atom is 0.114 e. The van der Waals surface area contributed by atoms with Crippen LogP contribution in [0.4, 0.5) is 0 Å². The Balaban J connectivity index is 0.000000166. The van der Waals surface area contributed by atoms with Crippen molar-refractivity contribution in [2.24, 2.45) is 0 Å². The zero-order valence-corrected chi connectivity index (χ0v) is 16.3. The van der Waals surface area contributed by atoms with Crippen LogP contribution in [0.2, 0.25) is 0 Å². The first kappa shape index (κ1) is 21.3. The van der Waals surface area contributed by atoms with E-state index >= 15 is 0 Å². The molecule has 1 saturated heterocycles. The molecule has 0 radical (unpaired) electrons. The van der Waals surface area contributed by atoms with Crippen molar-refractivity contribution in [2.75, 3.05) is 0 Å². The fraction of sp³-hybridized carbons (Fsp3) is 0.103. The zero-order valence-electron chi connectivity index (χ0n) is 16.3. The van der Waals surface area contributed by atoms with E-state index in [1.807, 2.05) is 48.5 Å². The molecular weight excluding hydrogens is 364 g/mol. The van der Waals surface area contributed by atoms with Gasteiger partial charge < -0.3 is 4.74 Å². The van der Waals surface area contributed by atoms with Crippen LogP contribution in [0.15, 0.2) is 121 Å². The minimum Gasteiger partial charge on any atom is -0.359 e. The molecule has 0 amide bonds. The van der Waals surface area contributed by atoms with Gasteiger partial charge in [-0.1, -0.05) is 141 Å². The van der Waals surface area contributed by atoms with E-state index in [0.29, 0.717) is 0 Å². The molecule has 0 aliphatic carbocycles. The zero-order chi connectivity index (χ0) is 19.7. The summed E-state index contributed by atoms with van der Waals surface area (Å²) in [4.78, 5) is 0. The van der Waals surface area contributed by atoms with E-state index in [2.05, 4.69) is 84.9 Å². The Morgan fingerprint density at radius 3 is 1.07 bits per heavy atom. The highest BCUT2D eigenvalue weighted by Crippen LogP contribution is 2.50. The van der Waals surface area contributed by atoms with Gasteiger partial charge in [0.2, 0.25) is 0 Å². The van der Waals surface area contributed by atoms with E-state index < -0.39 is 0 Å². The van der Waals surface area contributed by atoms with Crippen LogP contribution in [0.3, 0.4) is 0 Å². The third kappa shape index (κ3) is 6.04. The lowest BCUT2D eigenvalue weighted by Crippen LogP contribution is -1.82. The van der Waals surface area contributed by atoms with Gasteiger partial charge in [0.05, 0.1) is 0 Å². The van der Waals surface area contributed by atoms with Gasteiger partial charge in [0.15, 0.2) is 0 Å². The van der Waals surface area contributed by atoms with Gasteiger partial charge in [-0.15, -0.1) is 0 Å². The second-order valence-electron chi connectivity index (χ2n) is 6.95. The molecule has 1 fully saturated rings. The molecule has 150 valence electrons. The van der Waals surface area contributed by atoms with Crippen molar-refractivity contribution in [3.63, 3.8) is 0 Å². The number of rotatable bonds is 4. The summed E-state index contributed by atoms with van der Waals surface area (Å²) in [5.41, 5.74) is 5.01. The first-order chi connectivity index (χ1) is 14.4. The number of benzene rings is 4. The normalized spacial score (nSPS) is 16.8. The average molecular weight is 393 g/mol. The summed E-state index contributed by atoms with van der Waals surface area (Å²) in [7, 11) is 0. The number of ether oxygens (including phenoxy) is 1. The van der Waals surface area contributed by atoms with Crippen LogP contribution in [-0.4, -0.2) is 0 Å². The minimum atomic E-state index is 0. The molecule has 0 bridgehead atoms. The van der Waals surface area contributed by atoms with Crippen LogP contribution in [0.5, 0.6) is 0 Å². The summed E-state index contributed by atoms with van der Waals surface area (Å²) in [6.45, 7) is 0. The van der Waals surface area contributed by atoms with Crippen molar-refractivity contribution < 1.29 is 4.74 Å². The molecule has 1 heterocycles. The molecule has 2 unspecified atom stereocenters. The molecule has 4 aromatic rings. The third-order valence-corrected chi connectivity index (χ3v) is 4.82. The largest absolute Gasteiger partial charge is 0.359 e. The van der Waals surface area contributed by atoms with E-state index in [4.69, 9.17) is 4.74 Å². The Morgan fingerprint density at radius 2 is 0.733 bits per heavy atom. The summed E-state index contributed by atoms with van der Waals surface area (Å²) in [6, 6.07) is 41.4. The molecule has 0 aromatic heterocycles. The highest BCUT2D eigenvalue weighted by atomic mass is 16.6. The smallest absolute Gasteiger partial charge is 0.114 e. The van der Waals surface area contributed by atoms with E-state index in [9.17, 15) is 0 Å². The summed E-state index contributed by atoms with van der Waals surface area (Å²) < 4.78 is 5.69. The molecule has 1 heteroatoms. The van der Waals surface area contributed by atoms with Crippen molar-refractivity contribution in [2.45, 2.75) is 19.6 Å². The predicted molar refractivity (Wildman–Crippen MR) is 128 cm³/mol. The number of hydrogen-bond donors (Lipinski definition) is 0. The fourth-order valence-electron chi connectivity index (χ4n) is 3.23. The molecule has 30 heavy (non-hydrogen) atoms. The molecule has 5 rings (SSSR count). The Kier molecular flexibility index (Phi) is 7.77. The molecule has 1 aliphatic rings. The molecule has 0 N–H and O–H groups in total. The summed E-state index contributed by atoms with van der Waals surface area (Å²) in [6.07, 6.45) is 4.76. The van der Waals surface area contributed by atoms with E-state index in [-0.39, 0.29) is 19.6 Å². The van der Waals surface area contributed by atoms with Gasteiger partial charge in [-0.3, -0.25) is 0 Å². The van der Waals surface area contributed by atoms with Crippen molar-refractivity contribution >= 4 is 12.2 Å². The molecule has 4 aromatic carbocycles.